The van der Waals surface area contributed by atoms with Gasteiger partial charge in [-0.1, -0.05) is 6.07 Å². The molecule has 18 heavy (non-hydrogen) atoms. The van der Waals surface area contributed by atoms with Gasteiger partial charge in [-0.15, -0.1) is 0 Å². The molecule has 1 heterocycles. The van der Waals surface area contributed by atoms with Crippen LogP contribution < -0.4 is 5.32 Å². The second-order valence-corrected chi connectivity index (χ2v) is 4.63. The van der Waals surface area contributed by atoms with Gasteiger partial charge in [0.25, 0.3) is 0 Å². The summed E-state index contributed by atoms with van der Waals surface area (Å²) >= 11 is -2.00. The Morgan fingerprint density at radius 2 is 1.83 bits per heavy atom. The third kappa shape index (κ3) is 3.08. The maximum Gasteiger partial charge on any atom is 0.230 e. The Hall–Kier alpha value is -1.86. The highest BCUT2D eigenvalue weighted by Gasteiger charge is 2.04. The summed E-state index contributed by atoms with van der Waals surface area (Å²) in [5.74, 6) is 1.65. The molecule has 1 unspecified atom stereocenters. The zero-order valence-corrected chi connectivity index (χ0v) is 10.7. The Balaban J connectivity index is 2.28. The van der Waals surface area contributed by atoms with Crippen molar-refractivity contribution in [3.8, 4) is 0 Å². The number of aromatic nitrogens is 3. The molecule has 0 aliphatic rings. The predicted octanol–water partition coefficient (Wildman–Crippen LogP) is 1.81. The second kappa shape index (κ2) is 5.19. The minimum absolute atomic E-state index is 0.322. The normalized spacial score (nSPS) is 12.2. The minimum Gasteiger partial charge on any atom is -0.324 e. The van der Waals surface area contributed by atoms with E-state index in [-0.39, 0.29) is 0 Å². The Kier molecular flexibility index (Phi) is 3.63. The lowest BCUT2D eigenvalue weighted by Gasteiger charge is -2.06. The summed E-state index contributed by atoms with van der Waals surface area (Å²) in [7, 11) is 0. The molecule has 2 aromatic rings. The summed E-state index contributed by atoms with van der Waals surface area (Å²) in [6.07, 6.45) is 0. The van der Waals surface area contributed by atoms with Crippen LogP contribution in [0.25, 0.3) is 0 Å². The van der Waals surface area contributed by atoms with Crippen molar-refractivity contribution >= 4 is 22.7 Å². The molecule has 7 heteroatoms. The number of anilines is 2. The zero-order chi connectivity index (χ0) is 13.1. The summed E-state index contributed by atoms with van der Waals surface area (Å²) in [5, 5.41) is 2.97. The van der Waals surface area contributed by atoms with Crippen LogP contribution in [0, 0.1) is 13.8 Å². The first-order valence-corrected chi connectivity index (χ1v) is 6.32. The SMILES string of the molecule is Cc1nc(C)nc(Nc2cccc(S(=O)O)c2)n1. The summed E-state index contributed by atoms with van der Waals surface area (Å²) in [5.41, 5.74) is 0.653. The average molecular weight is 264 g/mol. The van der Waals surface area contributed by atoms with Crippen LogP contribution in [0.15, 0.2) is 29.2 Å². The van der Waals surface area contributed by atoms with Crippen LogP contribution in [0.3, 0.4) is 0 Å². The van der Waals surface area contributed by atoms with E-state index in [2.05, 4.69) is 20.3 Å². The zero-order valence-electron chi connectivity index (χ0n) is 9.91. The van der Waals surface area contributed by atoms with Crippen molar-refractivity contribution in [2.45, 2.75) is 18.7 Å². The van der Waals surface area contributed by atoms with Gasteiger partial charge in [0.2, 0.25) is 5.95 Å². The molecule has 0 amide bonds. The summed E-state index contributed by atoms with van der Waals surface area (Å²) in [6, 6.07) is 6.60. The largest absolute Gasteiger partial charge is 0.324 e. The molecular weight excluding hydrogens is 252 g/mol. The Bertz CT molecular complexity index is 583. The Morgan fingerprint density at radius 1 is 1.17 bits per heavy atom. The van der Waals surface area contributed by atoms with Crippen molar-refractivity contribution in [1.29, 1.82) is 0 Å². The van der Waals surface area contributed by atoms with Gasteiger partial charge in [0.05, 0.1) is 4.90 Å². The van der Waals surface area contributed by atoms with Gasteiger partial charge in [0.1, 0.15) is 11.6 Å². The fourth-order valence-corrected chi connectivity index (χ4v) is 1.91. The molecular formula is C11H12N4O2S. The lowest BCUT2D eigenvalue weighted by atomic mass is 10.3. The summed E-state index contributed by atoms with van der Waals surface area (Å²) < 4.78 is 20.0. The van der Waals surface area contributed by atoms with E-state index in [1.165, 1.54) is 0 Å². The van der Waals surface area contributed by atoms with Crippen LogP contribution in [0.4, 0.5) is 11.6 Å². The highest BCUT2D eigenvalue weighted by molar-refractivity contribution is 7.79. The smallest absolute Gasteiger partial charge is 0.230 e. The van der Waals surface area contributed by atoms with Gasteiger partial charge in [0, 0.05) is 5.69 Å². The van der Waals surface area contributed by atoms with Crippen molar-refractivity contribution in [1.82, 2.24) is 15.0 Å². The molecule has 2 N–H and O–H groups in total. The van der Waals surface area contributed by atoms with Crippen LogP contribution in [0.1, 0.15) is 11.6 Å². The predicted molar refractivity (Wildman–Crippen MR) is 68.1 cm³/mol. The topological polar surface area (TPSA) is 88.0 Å². The number of hydrogen-bond acceptors (Lipinski definition) is 5. The number of rotatable bonds is 3. The molecule has 0 fully saturated rings. The third-order valence-electron chi connectivity index (χ3n) is 2.15. The van der Waals surface area contributed by atoms with Crippen molar-refractivity contribution < 1.29 is 8.76 Å². The van der Waals surface area contributed by atoms with Crippen LogP contribution in [0.2, 0.25) is 0 Å². The van der Waals surface area contributed by atoms with Crippen LogP contribution in [0.5, 0.6) is 0 Å². The molecule has 0 aliphatic heterocycles. The molecule has 2 rings (SSSR count). The molecule has 1 aromatic carbocycles. The summed E-state index contributed by atoms with van der Waals surface area (Å²) in [6.45, 7) is 3.55. The number of benzene rings is 1. The van der Waals surface area contributed by atoms with E-state index >= 15 is 0 Å². The van der Waals surface area contributed by atoms with Gasteiger partial charge in [-0.25, -0.2) is 9.19 Å². The minimum atomic E-state index is -2.00. The molecule has 0 saturated carbocycles. The fraction of sp³-hybridized carbons (Fsp3) is 0.182. The lowest BCUT2D eigenvalue weighted by Crippen LogP contribution is -2.03. The van der Waals surface area contributed by atoms with Gasteiger partial charge in [-0.2, -0.15) is 9.97 Å². The molecule has 94 valence electrons. The first-order valence-electron chi connectivity index (χ1n) is 5.22. The maximum atomic E-state index is 11.0. The van der Waals surface area contributed by atoms with E-state index in [9.17, 15) is 4.21 Å². The van der Waals surface area contributed by atoms with Crippen LogP contribution in [-0.2, 0) is 11.1 Å². The van der Waals surface area contributed by atoms with Crippen molar-refractivity contribution in [2.75, 3.05) is 5.32 Å². The quantitative estimate of drug-likeness (QED) is 0.822. The Labute approximate surface area is 107 Å². The van der Waals surface area contributed by atoms with Crippen molar-refractivity contribution in [3.05, 3.63) is 35.9 Å². The third-order valence-corrected chi connectivity index (χ3v) is 2.81. The molecule has 0 saturated heterocycles. The fourth-order valence-electron chi connectivity index (χ4n) is 1.48. The lowest BCUT2D eigenvalue weighted by molar-refractivity contribution is 0.564. The number of aryl methyl sites for hydroxylation is 2. The van der Waals surface area contributed by atoms with Gasteiger partial charge < -0.3 is 9.87 Å². The van der Waals surface area contributed by atoms with Gasteiger partial charge in [-0.05, 0) is 32.0 Å². The van der Waals surface area contributed by atoms with E-state index in [1.54, 1.807) is 38.1 Å². The van der Waals surface area contributed by atoms with E-state index < -0.39 is 11.1 Å². The highest BCUT2D eigenvalue weighted by atomic mass is 32.2. The van der Waals surface area contributed by atoms with E-state index in [1.807, 2.05) is 0 Å². The maximum absolute atomic E-state index is 11.0. The summed E-state index contributed by atoms with van der Waals surface area (Å²) in [4.78, 5) is 12.7. The van der Waals surface area contributed by atoms with E-state index in [0.29, 0.717) is 28.2 Å². The van der Waals surface area contributed by atoms with Crippen molar-refractivity contribution in [3.63, 3.8) is 0 Å². The first-order chi connectivity index (χ1) is 8.54. The molecule has 0 bridgehead atoms. The second-order valence-electron chi connectivity index (χ2n) is 3.66. The van der Waals surface area contributed by atoms with Crippen molar-refractivity contribution in [2.24, 2.45) is 0 Å². The molecule has 6 nitrogen and oxygen atoms in total. The molecule has 1 atom stereocenters. The average Bonchev–Trinajstić information content (AvgIpc) is 2.27. The van der Waals surface area contributed by atoms with E-state index in [4.69, 9.17) is 4.55 Å². The standard InChI is InChI=1S/C11H12N4O2S/c1-7-12-8(2)14-11(13-7)15-9-4-3-5-10(6-9)18(16)17/h3-6H,1-2H3,(H,16,17)(H,12,13,14,15). The number of hydrogen-bond donors (Lipinski definition) is 2. The monoisotopic (exact) mass is 264 g/mol. The molecule has 0 radical (unpaired) electrons. The van der Waals surface area contributed by atoms with Gasteiger partial charge >= 0.3 is 0 Å². The van der Waals surface area contributed by atoms with Gasteiger partial charge in [0.15, 0.2) is 11.1 Å². The molecule has 0 spiro atoms. The Morgan fingerprint density at radius 3 is 2.44 bits per heavy atom. The van der Waals surface area contributed by atoms with E-state index in [0.717, 1.165) is 0 Å². The first kappa shape index (κ1) is 12.6. The van der Waals surface area contributed by atoms with Crippen LogP contribution in [-0.4, -0.2) is 23.7 Å². The number of nitrogens with zero attached hydrogens (tertiary/aromatic N) is 3. The van der Waals surface area contributed by atoms with Crippen LogP contribution >= 0.6 is 0 Å². The number of nitrogens with one attached hydrogen (secondary N) is 1. The highest BCUT2D eigenvalue weighted by Crippen LogP contribution is 2.16. The molecule has 1 aromatic heterocycles. The van der Waals surface area contributed by atoms with Gasteiger partial charge in [-0.3, -0.25) is 0 Å². The molecule has 0 aliphatic carbocycles.